The summed E-state index contributed by atoms with van der Waals surface area (Å²) in [6.07, 6.45) is -0.395. The first-order valence-electron chi connectivity index (χ1n) is 23.7. The minimum Gasteiger partial charge on any atom is -0.491 e. The van der Waals surface area contributed by atoms with Crippen LogP contribution in [0.15, 0.2) is 95.0 Å². The van der Waals surface area contributed by atoms with Crippen LogP contribution in [0.5, 0.6) is 5.75 Å². The lowest BCUT2D eigenvalue weighted by Crippen LogP contribution is -2.57. The standard InChI is InChI=1S/C54H60N6O10S/c1-32-47(34(3)70-58-32)38-23-42(51(55)63)48-41-26-40(17-18-43(41)59(44(48)24-38)27-35-11-8-7-9-12-35)68-22-21-66-19-10-20-67-30-46(62)57-50(54(4,5)6)52(64)60-28-39(61)25-45(60)53(65)69-29-36-13-15-37(16-14-36)49-33(2)56-31-71-49/h7-9,11-18,23-24,26,31,39,45,50,61H,10,19-22,25,27-30H2,1-6H3,(H2,55,63)(H,57,62)/t39-,45+,50-/m1/s1. The van der Waals surface area contributed by atoms with Gasteiger partial charge in [0, 0.05) is 60.1 Å². The summed E-state index contributed by atoms with van der Waals surface area (Å²) < 4.78 is 30.9. The molecule has 0 unspecified atom stereocenters. The van der Waals surface area contributed by atoms with E-state index in [1.54, 1.807) is 22.9 Å². The monoisotopic (exact) mass is 984 g/mol. The molecule has 16 nitrogen and oxygen atoms in total. The van der Waals surface area contributed by atoms with Crippen LogP contribution in [-0.4, -0.2) is 106 Å². The lowest BCUT2D eigenvalue weighted by atomic mass is 9.85. The molecular weight excluding hydrogens is 925 g/mol. The van der Waals surface area contributed by atoms with Crippen LogP contribution in [0.25, 0.3) is 43.4 Å². The average molecular weight is 985 g/mol. The van der Waals surface area contributed by atoms with Gasteiger partial charge in [-0.05, 0) is 85.2 Å². The average Bonchev–Trinajstić information content (AvgIpc) is 4.12. The van der Waals surface area contributed by atoms with Gasteiger partial charge in [-0.1, -0.05) is 80.5 Å². The molecule has 3 atom stereocenters. The van der Waals surface area contributed by atoms with Crippen LogP contribution >= 0.6 is 11.3 Å². The molecule has 71 heavy (non-hydrogen) atoms. The number of nitrogens with zero attached hydrogens (tertiary/aromatic N) is 4. The number of primary amides is 1. The molecule has 0 radical (unpaired) electrons. The van der Waals surface area contributed by atoms with E-state index in [1.807, 2.05) is 102 Å². The third-order valence-corrected chi connectivity index (χ3v) is 13.6. The smallest absolute Gasteiger partial charge is 0.329 e. The van der Waals surface area contributed by atoms with Gasteiger partial charge >= 0.3 is 5.97 Å². The molecule has 3 amide bonds. The van der Waals surface area contributed by atoms with Gasteiger partial charge in [-0.3, -0.25) is 14.4 Å². The molecule has 1 saturated heterocycles. The van der Waals surface area contributed by atoms with Crippen LogP contribution < -0.4 is 15.8 Å². The number of carbonyl (C=O) groups excluding carboxylic acids is 4. The maximum absolute atomic E-state index is 14.0. The molecular formula is C54H60N6O10S. The number of rotatable bonds is 20. The molecule has 1 aliphatic rings. The van der Waals surface area contributed by atoms with E-state index in [-0.39, 0.29) is 46.0 Å². The second-order valence-electron chi connectivity index (χ2n) is 18.9. The minimum atomic E-state index is -1.01. The second kappa shape index (κ2) is 22.0. The van der Waals surface area contributed by atoms with E-state index < -0.39 is 47.3 Å². The number of fused-ring (bicyclic) bond motifs is 3. The highest BCUT2D eigenvalue weighted by molar-refractivity contribution is 7.13. The van der Waals surface area contributed by atoms with Gasteiger partial charge in [-0.15, -0.1) is 11.3 Å². The molecule has 17 heteroatoms. The summed E-state index contributed by atoms with van der Waals surface area (Å²) in [4.78, 5) is 60.3. The van der Waals surface area contributed by atoms with E-state index in [4.69, 9.17) is 29.2 Å². The number of ether oxygens (including phenoxy) is 4. The Balaban J connectivity index is 0.809. The summed E-state index contributed by atoms with van der Waals surface area (Å²) in [5, 5.41) is 19.1. The number of carbonyl (C=O) groups is 4. The Morgan fingerprint density at radius 2 is 1.65 bits per heavy atom. The molecule has 1 fully saturated rings. The number of likely N-dealkylation sites (tertiary alicyclic amines) is 1. The normalized spacial score (nSPS) is 15.3. The first-order valence-corrected chi connectivity index (χ1v) is 24.5. The number of esters is 1. The fourth-order valence-electron chi connectivity index (χ4n) is 9.09. The van der Waals surface area contributed by atoms with Crippen molar-refractivity contribution in [1.29, 1.82) is 0 Å². The van der Waals surface area contributed by atoms with Gasteiger partial charge in [-0.25, -0.2) is 9.78 Å². The zero-order valence-electron chi connectivity index (χ0n) is 40.9. The molecule has 4 N–H and O–H groups in total. The third kappa shape index (κ3) is 11.7. The Kier molecular flexibility index (Phi) is 15.6. The van der Waals surface area contributed by atoms with Crippen molar-refractivity contribution < 1.29 is 47.8 Å². The van der Waals surface area contributed by atoms with Crippen molar-refractivity contribution in [2.45, 2.75) is 85.7 Å². The number of aryl methyl sites for hydroxylation is 3. The van der Waals surface area contributed by atoms with Crippen LogP contribution in [0.1, 0.15) is 72.2 Å². The van der Waals surface area contributed by atoms with E-state index in [1.165, 1.54) is 4.90 Å². The maximum Gasteiger partial charge on any atom is 0.329 e. The van der Waals surface area contributed by atoms with Gasteiger partial charge < -0.3 is 49.1 Å². The van der Waals surface area contributed by atoms with Crippen LogP contribution in [0.3, 0.4) is 0 Å². The number of hydrogen-bond donors (Lipinski definition) is 3. The quantitative estimate of drug-likeness (QED) is 0.0496. The Labute approximate surface area is 416 Å². The number of aromatic nitrogens is 3. The fraction of sp³-hybridized carbons (Fsp3) is 0.370. The molecule has 7 aromatic rings. The lowest BCUT2D eigenvalue weighted by Gasteiger charge is -2.35. The van der Waals surface area contributed by atoms with Crippen LogP contribution in [0.4, 0.5) is 0 Å². The van der Waals surface area contributed by atoms with E-state index in [9.17, 15) is 24.3 Å². The molecule has 1 aliphatic heterocycles. The van der Waals surface area contributed by atoms with Gasteiger partial charge in [0.25, 0.3) is 0 Å². The third-order valence-electron chi connectivity index (χ3n) is 12.6. The molecule has 0 aliphatic carbocycles. The Bertz CT molecular complexity index is 3010. The van der Waals surface area contributed by atoms with E-state index in [0.29, 0.717) is 42.3 Å². The van der Waals surface area contributed by atoms with Crippen LogP contribution in [0, 0.1) is 26.2 Å². The van der Waals surface area contributed by atoms with Crippen LogP contribution in [0.2, 0.25) is 0 Å². The number of amides is 3. The number of hydrogen-bond acceptors (Lipinski definition) is 13. The number of β-amino-alcohol motifs (C(OH)–C–C–N with tert-alkyl or cyclic N) is 1. The van der Waals surface area contributed by atoms with Gasteiger partial charge in [0.1, 0.15) is 43.4 Å². The molecule has 4 heterocycles. The first kappa shape index (κ1) is 50.5. The molecule has 3 aromatic heterocycles. The number of thiazole rings is 1. The SMILES string of the molecule is Cc1ncsc1-c1ccc(COC(=O)[C@@H]2C[C@@H](O)CN2C(=O)[C@@H](NC(=O)COCCCOCCOc2ccc3c(c2)c2c(C(N)=O)cc(-c4c(C)noc4C)cc2n3Cc2ccccc2)C(C)(C)C)cc1. The molecule has 0 saturated carbocycles. The number of nitrogens with two attached hydrogens (primary N) is 1. The summed E-state index contributed by atoms with van der Waals surface area (Å²) in [7, 11) is 0. The van der Waals surface area contributed by atoms with Gasteiger partial charge in [0.05, 0.1) is 40.0 Å². The molecule has 8 rings (SSSR count). The van der Waals surface area contributed by atoms with Gasteiger partial charge in [-0.2, -0.15) is 0 Å². The predicted molar refractivity (Wildman–Crippen MR) is 270 cm³/mol. The lowest BCUT2D eigenvalue weighted by molar-refractivity contribution is -0.156. The minimum absolute atomic E-state index is 0.000713. The fourth-order valence-corrected chi connectivity index (χ4v) is 9.90. The van der Waals surface area contributed by atoms with Crippen molar-refractivity contribution in [3.8, 4) is 27.3 Å². The van der Waals surface area contributed by atoms with E-state index in [0.717, 1.165) is 60.2 Å². The van der Waals surface area contributed by atoms with Gasteiger partial charge in [0.2, 0.25) is 17.7 Å². The summed E-state index contributed by atoms with van der Waals surface area (Å²) in [5.41, 5.74) is 15.4. The highest BCUT2D eigenvalue weighted by atomic mass is 32.1. The van der Waals surface area contributed by atoms with Crippen molar-refractivity contribution in [2.75, 3.05) is 39.6 Å². The number of nitrogens with one attached hydrogen (secondary N) is 1. The summed E-state index contributed by atoms with van der Waals surface area (Å²) >= 11 is 1.55. The molecule has 0 bridgehead atoms. The summed E-state index contributed by atoms with van der Waals surface area (Å²) in [6, 6.07) is 25.4. The maximum atomic E-state index is 14.0. The van der Waals surface area contributed by atoms with Gasteiger partial charge in [0.15, 0.2) is 0 Å². The number of benzene rings is 4. The molecule has 4 aromatic carbocycles. The Morgan fingerprint density at radius 1 is 0.887 bits per heavy atom. The number of aliphatic hydroxyl groups excluding tert-OH is 1. The van der Waals surface area contributed by atoms with Crippen molar-refractivity contribution in [1.82, 2.24) is 24.9 Å². The highest BCUT2D eigenvalue weighted by Gasteiger charge is 2.45. The highest BCUT2D eigenvalue weighted by Crippen LogP contribution is 2.39. The zero-order chi connectivity index (χ0) is 50.4. The Morgan fingerprint density at radius 3 is 2.34 bits per heavy atom. The second-order valence-corrected chi connectivity index (χ2v) is 19.8. The summed E-state index contributed by atoms with van der Waals surface area (Å²) in [5.74, 6) is -0.917. The molecule has 0 spiro atoms. The largest absolute Gasteiger partial charge is 0.491 e. The van der Waals surface area contributed by atoms with Crippen molar-refractivity contribution in [3.05, 3.63) is 124 Å². The number of aliphatic hydroxyl groups is 1. The predicted octanol–water partition coefficient (Wildman–Crippen LogP) is 7.68. The van der Waals surface area contributed by atoms with E-state index >= 15 is 0 Å². The topological polar surface area (TPSA) is 211 Å². The van der Waals surface area contributed by atoms with Crippen molar-refractivity contribution >= 4 is 56.8 Å². The van der Waals surface area contributed by atoms with Crippen molar-refractivity contribution in [2.24, 2.45) is 11.1 Å². The molecule has 372 valence electrons. The van der Waals surface area contributed by atoms with Crippen LogP contribution in [-0.2, 0) is 41.7 Å². The Hall–Kier alpha value is -6.92. The first-order chi connectivity index (χ1) is 34.1. The van der Waals surface area contributed by atoms with Crippen molar-refractivity contribution in [3.63, 3.8) is 0 Å². The summed E-state index contributed by atoms with van der Waals surface area (Å²) in [6.45, 7) is 12.4. The zero-order valence-corrected chi connectivity index (χ0v) is 41.7. The van der Waals surface area contributed by atoms with E-state index in [2.05, 4.69) is 38.2 Å².